The zero-order valence-electron chi connectivity index (χ0n) is 68.7. The average Bonchev–Trinajstić information content (AvgIpc) is 0.732. The number of anilines is 10. The third kappa shape index (κ3) is 23.8. The fourth-order valence-electron chi connectivity index (χ4n) is 12.0. The number of benzene rings is 14. The Labute approximate surface area is 837 Å². The summed E-state index contributed by atoms with van der Waals surface area (Å²) in [4.78, 5) is -7.46. The second kappa shape index (κ2) is 41.3. The molecule has 20 N–H and O–H groups in total. The first-order valence-electron chi connectivity index (χ1n) is 36.0. The van der Waals surface area contributed by atoms with Crippen molar-refractivity contribution < 1.29 is 195 Å². The van der Waals surface area contributed by atoms with E-state index < -0.39 is 157 Å². The summed E-state index contributed by atoms with van der Waals surface area (Å²) in [6.07, 6.45) is 0. The normalized spacial score (nSPS) is 12.4. The maximum Gasteiger partial charge on any atom is 1.00 e. The average molecular weight is 1930 g/mol. The van der Waals surface area contributed by atoms with E-state index in [0.717, 1.165) is 36.4 Å². The van der Waals surface area contributed by atoms with Crippen molar-refractivity contribution in [2.75, 3.05) is 57.3 Å². The zero-order chi connectivity index (χ0) is 91.7. The molecular formula is C78H58N26Na4O18S6. The van der Waals surface area contributed by atoms with Gasteiger partial charge in [0.2, 0.25) is 0 Å². The first kappa shape index (κ1) is 102. The second-order valence-corrected chi connectivity index (χ2v) is 35.6. The van der Waals surface area contributed by atoms with Gasteiger partial charge in [-0.2, -0.15) is 57.7 Å². The monoisotopic (exact) mass is 1930 g/mol. The molecule has 0 aliphatic rings. The SMILES string of the molecule is Nc1ccc(N=Nc2ccc(N=Nc3c(S(=O)(=O)[O-])cc4cc(S(=O)(=O)[O-])c(N=Nc5ccc(N=Nc6ccc(N)cc6N)cc5)c(OS(=O)(=O)c5ccc6ccc(S(=O)(=O)Oc7c(N=Nc8ccc(N=Nc9ccc(N)cc9N)cc8)c(S(=O)(=O)[O-])cc8cc(S(=O)(=O)[O-])c(N=Nc9ccc(N=Nc%10ccc(N)cc%10N)cc9)c(N)c78)cc6c5)c4c3N)cc2)c(N)c1.[Na+].[Na+].[Na+].[Na+]. The molecule has 14 aromatic rings. The number of nitrogens with two attached hydrogens (primary N) is 10. The molecule has 14 aromatic carbocycles. The van der Waals surface area contributed by atoms with Crippen molar-refractivity contribution in [1.82, 2.24) is 0 Å². The fourth-order valence-corrected chi connectivity index (χ4v) is 16.6. The van der Waals surface area contributed by atoms with Crippen LogP contribution in [0.2, 0.25) is 0 Å². The molecule has 54 heteroatoms. The first-order chi connectivity index (χ1) is 60.5. The summed E-state index contributed by atoms with van der Waals surface area (Å²) in [7, 11) is -34.9. The van der Waals surface area contributed by atoms with Crippen LogP contribution in [0.15, 0.2) is 342 Å². The van der Waals surface area contributed by atoms with E-state index in [1.807, 2.05) is 0 Å². The third-order valence-corrected chi connectivity index (χ3v) is 24.0. The number of hydrogen-bond acceptors (Lipinski definition) is 44. The Morgan fingerprint density at radius 3 is 0.652 bits per heavy atom. The van der Waals surface area contributed by atoms with Crippen molar-refractivity contribution in [2.45, 2.75) is 29.4 Å². The first-order valence-corrected chi connectivity index (χ1v) is 44.4. The molecule has 0 bridgehead atoms. The van der Waals surface area contributed by atoms with Gasteiger partial charge in [0, 0.05) is 22.7 Å². The smallest absolute Gasteiger partial charge is 0.744 e. The number of hydrogen-bond donors (Lipinski definition) is 10. The molecule has 0 heterocycles. The molecule has 0 atom stereocenters. The van der Waals surface area contributed by atoms with Crippen LogP contribution in [0.3, 0.4) is 0 Å². The Morgan fingerprint density at radius 2 is 0.432 bits per heavy atom. The minimum Gasteiger partial charge on any atom is -0.744 e. The number of nitrogens with zero attached hydrogens (tertiary/aromatic N) is 16. The van der Waals surface area contributed by atoms with Crippen LogP contribution in [0.25, 0.3) is 32.3 Å². The van der Waals surface area contributed by atoms with Gasteiger partial charge in [-0.05, 0) is 240 Å². The molecule has 648 valence electrons. The third-order valence-electron chi connectivity index (χ3n) is 18.2. The summed E-state index contributed by atoms with van der Waals surface area (Å²) in [5.74, 6) is -2.61. The van der Waals surface area contributed by atoms with Crippen molar-refractivity contribution in [3.05, 3.63) is 231 Å². The van der Waals surface area contributed by atoms with Gasteiger partial charge in [0.15, 0.2) is 11.5 Å². The number of rotatable bonds is 26. The molecule has 0 saturated carbocycles. The van der Waals surface area contributed by atoms with E-state index in [9.17, 15) is 51.9 Å². The Balaban J connectivity index is 0.00000452. The van der Waals surface area contributed by atoms with Gasteiger partial charge in [0.25, 0.3) is 0 Å². The molecule has 0 radical (unpaired) electrons. The van der Waals surface area contributed by atoms with E-state index in [1.54, 1.807) is 0 Å². The van der Waals surface area contributed by atoms with Gasteiger partial charge in [0.1, 0.15) is 95.8 Å². The van der Waals surface area contributed by atoms with Gasteiger partial charge in [0.05, 0.1) is 110 Å². The van der Waals surface area contributed by atoms with Crippen LogP contribution in [0.1, 0.15) is 0 Å². The summed E-state index contributed by atoms with van der Waals surface area (Å²) in [5.41, 5.74) is 57.8. The van der Waals surface area contributed by atoms with E-state index in [0.29, 0.717) is 47.0 Å². The predicted molar refractivity (Wildman–Crippen MR) is 468 cm³/mol. The van der Waals surface area contributed by atoms with E-state index in [-0.39, 0.29) is 220 Å². The Morgan fingerprint density at radius 1 is 0.220 bits per heavy atom. The molecule has 0 unspecified atom stereocenters. The molecule has 0 aliphatic heterocycles. The van der Waals surface area contributed by atoms with Crippen LogP contribution >= 0.6 is 0 Å². The largest absolute Gasteiger partial charge is 1.00 e. The Hall–Kier alpha value is -12.2. The quantitative estimate of drug-likeness (QED) is 0.0106. The molecule has 0 aliphatic carbocycles. The summed E-state index contributed by atoms with van der Waals surface area (Å²) >= 11 is 0. The van der Waals surface area contributed by atoms with Crippen LogP contribution in [0.4, 0.5) is 148 Å². The fraction of sp³-hybridized carbons (Fsp3) is 0. The topological polar surface area (TPSA) is 774 Å². The zero-order valence-corrected chi connectivity index (χ0v) is 81.6. The van der Waals surface area contributed by atoms with Gasteiger partial charge in [-0.25, -0.2) is 33.7 Å². The molecule has 44 nitrogen and oxygen atoms in total. The van der Waals surface area contributed by atoms with Crippen molar-refractivity contribution >= 4 is 241 Å². The van der Waals surface area contributed by atoms with Gasteiger partial charge >= 0.3 is 138 Å². The Bertz CT molecular complexity index is 7520. The van der Waals surface area contributed by atoms with Crippen LogP contribution < -0.4 is 184 Å². The molecule has 132 heavy (non-hydrogen) atoms. The van der Waals surface area contributed by atoms with Crippen LogP contribution in [-0.4, -0.2) is 68.7 Å². The van der Waals surface area contributed by atoms with Crippen LogP contribution in [0, 0.1) is 0 Å². The Kier molecular flexibility index (Phi) is 31.9. The van der Waals surface area contributed by atoms with Crippen LogP contribution in [-0.2, 0) is 60.7 Å². The van der Waals surface area contributed by atoms with Crippen molar-refractivity contribution in [2.24, 2.45) is 81.8 Å². The van der Waals surface area contributed by atoms with E-state index in [2.05, 4.69) is 81.8 Å². The maximum atomic E-state index is 15.3. The molecule has 14 rings (SSSR count). The molecule has 0 spiro atoms. The van der Waals surface area contributed by atoms with Gasteiger partial charge in [-0.1, -0.05) is 12.1 Å². The summed E-state index contributed by atoms with van der Waals surface area (Å²) in [6.45, 7) is 0. The molecular weight excluding hydrogens is 1870 g/mol. The van der Waals surface area contributed by atoms with Gasteiger partial charge < -0.3 is 83.9 Å². The minimum atomic E-state index is -5.98. The number of nitrogen functional groups attached to an aromatic ring is 10. The van der Waals surface area contributed by atoms with Crippen molar-refractivity contribution in [1.29, 1.82) is 0 Å². The summed E-state index contributed by atoms with van der Waals surface area (Å²) < 4.78 is 234. The van der Waals surface area contributed by atoms with Crippen LogP contribution in [0.5, 0.6) is 11.5 Å². The molecule has 0 saturated heterocycles. The number of fused-ring (bicyclic) bond motifs is 3. The van der Waals surface area contributed by atoms with Gasteiger partial charge in [-0.3, -0.25) is 0 Å². The molecule has 0 aromatic heterocycles. The second-order valence-electron chi connectivity index (χ2n) is 27.1. The van der Waals surface area contributed by atoms with E-state index in [4.69, 9.17) is 65.7 Å². The minimum absolute atomic E-state index is 0. The molecule has 0 amide bonds. The molecule has 0 fully saturated rings. The van der Waals surface area contributed by atoms with Crippen molar-refractivity contribution in [3.63, 3.8) is 0 Å². The van der Waals surface area contributed by atoms with Crippen molar-refractivity contribution in [3.8, 4) is 11.5 Å². The summed E-state index contributed by atoms with van der Waals surface area (Å²) in [6, 6.07) is 46.5. The van der Waals surface area contributed by atoms with Gasteiger partial charge in [-0.15, -0.1) is 40.9 Å². The summed E-state index contributed by atoms with van der Waals surface area (Å²) in [5, 5.41) is 61.6. The number of azo groups is 8. The maximum absolute atomic E-state index is 15.3. The predicted octanol–water partition coefficient (Wildman–Crippen LogP) is 5.46. The van der Waals surface area contributed by atoms with E-state index >= 15 is 16.8 Å². The van der Waals surface area contributed by atoms with E-state index in [1.165, 1.54) is 170 Å². The standard InChI is InChI=1S/C78H62N26O18S6.4Na/c79-43-3-25-61(57(83)35-43)97-89-47-7-15-51(16-8-47)93-101-73-65(123(105,106)107)31-41-33-67(125(111,112)113)75(103-95-53-19-11-49(12-20-53)91-99-63-27-5-45(81)37-59(63)85)77(69(41)71(73)87)121-127(117,118)55-23-1-39-2-24-56(30-40(39)29-55)128(119,120)122-78-70-42(34-68(126(114,115)116)76(78)104-96-54-21-13-50(14-22-54)92-100-64-28-6-46(82)38-60(64)86)32-66(124(108,109)110)74(72(70)88)102-94-52-17-9-48(10-18-52)90-98-62-26-4-44(80)36-58(62)84;;;;/h1-38H,79-88H2,(H,105,106,107)(H,108,109,110)(H,111,112,113)(H,114,115,116);;;;/q;4*+1/p-4.